The number of nitrogens with two attached hydrogens (primary N) is 4. The van der Waals surface area contributed by atoms with E-state index in [-0.39, 0.29) is 48.5 Å². The molecule has 2 aliphatic rings. The number of rotatable bonds is 25. The summed E-state index contributed by atoms with van der Waals surface area (Å²) < 4.78 is 15.9. The number of furan rings is 1. The summed E-state index contributed by atoms with van der Waals surface area (Å²) >= 11 is 0. The number of likely N-dealkylation sites (tertiary alicyclic amines) is 1. The van der Waals surface area contributed by atoms with Crippen LogP contribution in [0.25, 0.3) is 44.5 Å². The van der Waals surface area contributed by atoms with Crippen molar-refractivity contribution >= 4 is 115 Å². The lowest BCUT2D eigenvalue weighted by Crippen LogP contribution is -2.41. The third-order valence-corrected chi connectivity index (χ3v) is 19.2. The van der Waals surface area contributed by atoms with Crippen LogP contribution < -0.4 is 70.2 Å². The summed E-state index contributed by atoms with van der Waals surface area (Å²) in [6.45, 7) is 5.50. The highest BCUT2D eigenvalue weighted by Gasteiger charge is 2.22. The van der Waals surface area contributed by atoms with Gasteiger partial charge in [-0.1, -0.05) is 91.0 Å². The minimum atomic E-state index is -0.282. The van der Waals surface area contributed by atoms with E-state index in [4.69, 9.17) is 36.8 Å². The second-order valence-corrected chi connectivity index (χ2v) is 28.5. The zero-order valence-corrected chi connectivity index (χ0v) is 66.4. The van der Waals surface area contributed by atoms with Crippen molar-refractivity contribution in [3.05, 3.63) is 322 Å². The molecule has 0 spiro atoms. The number of amides is 4. The molecule has 4 amide bonds. The first-order valence-corrected chi connectivity index (χ1v) is 39.4. The molecule has 1 unspecified atom stereocenters. The van der Waals surface area contributed by atoms with Crippen molar-refractivity contribution in [2.75, 3.05) is 131 Å². The van der Waals surface area contributed by atoms with E-state index < -0.39 is 0 Å². The number of carbonyl (C=O) groups is 4. The predicted octanol–water partition coefficient (Wildman–Crippen LogP) is 17.1. The Labute approximate surface area is 701 Å². The van der Waals surface area contributed by atoms with Crippen LogP contribution in [0.3, 0.4) is 0 Å². The van der Waals surface area contributed by atoms with Gasteiger partial charge in [0.2, 0.25) is 11.8 Å². The fraction of sp³-hybridized carbons (Fsp3) is 0.137. The molecular formula is C95H94N18O8. The molecule has 0 radical (unpaired) electrons. The number of aliphatic hydroxyl groups is 1. The second-order valence-electron chi connectivity index (χ2n) is 28.5. The maximum absolute atomic E-state index is 12.4. The molecular weight excluding hydrogens is 1520 g/mol. The van der Waals surface area contributed by atoms with Gasteiger partial charge in [-0.05, 0) is 264 Å². The quantitative estimate of drug-likeness (QED) is 0.0236. The number of aliphatic hydroxyl groups excluding tert-OH is 1. The Morgan fingerprint density at radius 3 is 1.12 bits per heavy atom. The lowest BCUT2D eigenvalue weighted by molar-refractivity contribution is -0.119. The molecule has 0 aliphatic carbocycles. The van der Waals surface area contributed by atoms with Crippen LogP contribution in [-0.2, 0) is 19.1 Å². The number of hydrogen-bond donors (Lipinski definition) is 13. The van der Waals surface area contributed by atoms with Crippen molar-refractivity contribution in [2.24, 2.45) is 5.92 Å². The molecule has 14 aromatic rings. The van der Waals surface area contributed by atoms with E-state index in [2.05, 4.69) is 72.3 Å². The number of benzene rings is 9. The van der Waals surface area contributed by atoms with Crippen LogP contribution in [0.5, 0.6) is 5.75 Å². The number of nitrogens with zero attached hydrogens (tertiary/aromatic N) is 6. The number of ether oxygens (including phenoxy) is 2. The Morgan fingerprint density at radius 2 is 0.752 bits per heavy atom. The highest BCUT2D eigenvalue weighted by Crippen LogP contribution is 2.32. The lowest BCUT2D eigenvalue weighted by Gasteiger charge is -2.31. The van der Waals surface area contributed by atoms with E-state index in [0.29, 0.717) is 66.2 Å². The first-order valence-electron chi connectivity index (χ1n) is 39.4. The minimum absolute atomic E-state index is 0.0119. The second kappa shape index (κ2) is 42.6. The van der Waals surface area contributed by atoms with Gasteiger partial charge in [0, 0.05) is 119 Å². The van der Waals surface area contributed by atoms with Crippen molar-refractivity contribution in [3.8, 4) is 50.3 Å². The van der Waals surface area contributed by atoms with Crippen LogP contribution in [0.15, 0.2) is 321 Å². The van der Waals surface area contributed by atoms with Gasteiger partial charge in [0.1, 0.15) is 29.0 Å². The molecule has 121 heavy (non-hydrogen) atoms. The fourth-order valence-corrected chi connectivity index (χ4v) is 13.2. The number of morpholine rings is 1. The van der Waals surface area contributed by atoms with Gasteiger partial charge in [0.05, 0.1) is 32.6 Å². The van der Waals surface area contributed by atoms with Gasteiger partial charge in [0.25, 0.3) is 11.8 Å². The van der Waals surface area contributed by atoms with E-state index in [9.17, 15) is 24.3 Å². The third-order valence-electron chi connectivity index (χ3n) is 19.2. The molecule has 7 heterocycles. The van der Waals surface area contributed by atoms with Crippen LogP contribution in [0, 0.1) is 5.92 Å². The van der Waals surface area contributed by atoms with E-state index >= 15 is 0 Å². The molecule has 1 atom stereocenters. The number of anilines is 16. The number of aromatic nitrogens is 4. The summed E-state index contributed by atoms with van der Waals surface area (Å²) in [6, 6.07) is 89.1. The first-order chi connectivity index (χ1) is 59.1. The van der Waals surface area contributed by atoms with Crippen molar-refractivity contribution in [1.82, 2.24) is 29.7 Å². The zero-order valence-electron chi connectivity index (χ0n) is 66.4. The smallest absolute Gasteiger partial charge is 0.291 e. The number of piperidine rings is 1. The Kier molecular flexibility index (Phi) is 29.5. The van der Waals surface area contributed by atoms with Gasteiger partial charge in [-0.3, -0.25) is 29.0 Å². The Balaban J connectivity index is 0.000000139. The highest BCUT2D eigenvalue weighted by molar-refractivity contribution is 6.02. The molecule has 26 heteroatoms. The molecule has 2 saturated heterocycles. The maximum atomic E-state index is 12.4. The fourth-order valence-electron chi connectivity index (χ4n) is 13.2. The number of nitrogens with one attached hydrogen (secondary N) is 8. The van der Waals surface area contributed by atoms with Crippen molar-refractivity contribution in [2.45, 2.75) is 12.8 Å². The summed E-state index contributed by atoms with van der Waals surface area (Å²) in [5.41, 5.74) is 40.7. The van der Waals surface area contributed by atoms with E-state index in [0.717, 1.165) is 141 Å². The SMILES string of the molecule is Nc1cccc(Nc2cc(-c3ccc(NC(=O)CN4CCCC(CO)C4)cc3)ccn2)c1.Nc1cccc(Nc2cc(-c3ccc(NC(=O)CN4CCOCC4)cc3)ccn2)c1.Nc1cccc(Nc2cc(-c3ccc(NC(=O)COc4ccccc4)cc3)ccn2)c1.Nc1cccc(Nc2cc(-c3ccc(NC(=O)c4ccco4)cc3)ccn2)c1. The van der Waals surface area contributed by atoms with Gasteiger partial charge >= 0.3 is 0 Å². The van der Waals surface area contributed by atoms with Gasteiger partial charge in [-0.2, -0.15) is 0 Å². The minimum Gasteiger partial charge on any atom is -0.484 e. The van der Waals surface area contributed by atoms with Crippen LogP contribution in [0.2, 0.25) is 0 Å². The highest BCUT2D eigenvalue weighted by atomic mass is 16.5. The standard InChI is InChI=1S/C25H29N5O2.C25H22N4O2.C23H25N5O2.C22H18N4O2/c26-21-4-1-5-23(14-21)28-24-13-20(10-11-27-24)19-6-8-22(9-7-19)29-25(32)16-30-12-2-3-18(15-30)17-31;26-20-5-4-6-22(16-20)28-24-15-19(13-14-27-24)18-9-11-21(12-10-18)29-25(30)17-31-23-7-2-1-3-8-23;24-19-2-1-3-21(15-19)26-22-14-18(8-9-25-22)17-4-6-20(7-5-17)27-23(29)16-28-10-12-30-13-11-28;23-17-3-1-4-19(14-17)25-21-13-16(10-11-24-21)15-6-8-18(9-7-15)26-22(27)20-5-2-12-28-20/h1,4-11,13-14,18,31H,2-3,12,15-17,26H2,(H,27,28)(H,29,32);1-16H,17,26H2,(H,27,28)(H,29,30);1-9,14-15H,10-13,16,24H2,(H,25,26)(H,27,29);1-14H,23H2,(H,24,25)(H,26,27). The Bertz CT molecular complexity index is 5710. The number of nitrogen functional groups attached to an aromatic ring is 4. The summed E-state index contributed by atoms with van der Waals surface area (Å²) in [4.78, 5) is 70.6. The van der Waals surface area contributed by atoms with Gasteiger partial charge < -0.3 is 84.5 Å². The van der Waals surface area contributed by atoms with Gasteiger partial charge in [0.15, 0.2) is 12.4 Å². The number of hydrogen-bond acceptors (Lipinski definition) is 22. The van der Waals surface area contributed by atoms with E-state index in [1.54, 1.807) is 36.9 Å². The van der Waals surface area contributed by atoms with Gasteiger partial charge in [-0.15, -0.1) is 0 Å². The number of para-hydroxylation sites is 1. The molecule has 5 aromatic heterocycles. The summed E-state index contributed by atoms with van der Waals surface area (Å²) in [6.07, 6.45) is 10.5. The molecule has 2 aliphatic heterocycles. The Hall–Kier alpha value is -15.2. The molecule has 612 valence electrons. The van der Waals surface area contributed by atoms with Crippen molar-refractivity contribution in [3.63, 3.8) is 0 Å². The van der Waals surface area contributed by atoms with Crippen molar-refractivity contribution in [1.29, 1.82) is 0 Å². The summed E-state index contributed by atoms with van der Waals surface area (Å²) in [5, 5.41) is 34.0. The maximum Gasteiger partial charge on any atom is 0.291 e. The third kappa shape index (κ3) is 26.4. The molecule has 16 rings (SSSR count). The van der Waals surface area contributed by atoms with Crippen molar-refractivity contribution < 1.29 is 38.2 Å². The largest absolute Gasteiger partial charge is 0.484 e. The monoisotopic (exact) mass is 1610 g/mol. The lowest BCUT2D eigenvalue weighted by atomic mass is 9.99. The van der Waals surface area contributed by atoms with Crippen LogP contribution in [-0.4, -0.2) is 124 Å². The van der Waals surface area contributed by atoms with Gasteiger partial charge in [-0.25, -0.2) is 19.9 Å². The van der Waals surface area contributed by atoms with Crippen LogP contribution in [0.1, 0.15) is 23.4 Å². The molecule has 26 nitrogen and oxygen atoms in total. The zero-order chi connectivity index (χ0) is 83.9. The Morgan fingerprint density at radius 1 is 0.380 bits per heavy atom. The van der Waals surface area contributed by atoms with Crippen LogP contribution in [0.4, 0.5) is 91.5 Å². The average Bonchev–Trinajstić information content (AvgIpc) is 0.940. The molecule has 2 fully saturated rings. The number of pyridine rings is 4. The normalized spacial score (nSPS) is 13.0. The van der Waals surface area contributed by atoms with E-state index in [1.165, 1.54) is 6.26 Å². The average molecular weight is 1620 g/mol. The first kappa shape index (κ1) is 83.7. The van der Waals surface area contributed by atoms with Crippen LogP contribution >= 0.6 is 0 Å². The van der Waals surface area contributed by atoms with E-state index in [1.807, 2.05) is 273 Å². The summed E-state index contributed by atoms with van der Waals surface area (Å²) in [7, 11) is 0. The molecule has 0 saturated carbocycles. The molecule has 0 bridgehead atoms. The topological polar surface area (TPSA) is 378 Å². The molecule has 9 aromatic carbocycles. The molecule has 17 N–H and O–H groups in total. The predicted molar refractivity (Wildman–Crippen MR) is 483 cm³/mol. The summed E-state index contributed by atoms with van der Waals surface area (Å²) in [5.74, 6) is 3.57. The number of carbonyl (C=O) groups excluding carboxylic acids is 4.